The summed E-state index contributed by atoms with van der Waals surface area (Å²) in [5.41, 5.74) is -0.247. The van der Waals surface area contributed by atoms with Gasteiger partial charge in [-0.05, 0) is 25.7 Å². The van der Waals surface area contributed by atoms with Crippen LogP contribution in [0.15, 0.2) is 0 Å². The fraction of sp³-hybridized carbons (Fsp3) is 1.00. The predicted octanol–water partition coefficient (Wildman–Crippen LogP) is 0.992. The van der Waals surface area contributed by atoms with Crippen molar-refractivity contribution in [1.29, 1.82) is 0 Å². The molecule has 3 nitrogen and oxygen atoms in total. The molecule has 2 heterocycles. The lowest BCUT2D eigenvalue weighted by atomic mass is 9.64. The molecule has 0 amide bonds. The molecule has 4 atom stereocenters. The van der Waals surface area contributed by atoms with Crippen molar-refractivity contribution in [3.05, 3.63) is 0 Å². The fourth-order valence-electron chi connectivity index (χ4n) is 4.06. The van der Waals surface area contributed by atoms with Gasteiger partial charge < -0.3 is 14.6 Å². The second-order valence-electron chi connectivity index (χ2n) is 5.36. The number of epoxide rings is 2. The smallest absolute Gasteiger partial charge is 0.149 e. The van der Waals surface area contributed by atoms with Gasteiger partial charge in [0.25, 0.3) is 0 Å². The van der Waals surface area contributed by atoms with Gasteiger partial charge in [0, 0.05) is 0 Å². The molecule has 2 aliphatic heterocycles. The topological polar surface area (TPSA) is 45.3 Å². The quantitative estimate of drug-likeness (QED) is 0.588. The summed E-state index contributed by atoms with van der Waals surface area (Å²) < 4.78 is 11.7. The van der Waals surface area contributed by atoms with Gasteiger partial charge in [-0.15, -0.1) is 0 Å². The van der Waals surface area contributed by atoms with Gasteiger partial charge in [0.15, 0.2) is 0 Å². The van der Waals surface area contributed by atoms with E-state index in [4.69, 9.17) is 9.47 Å². The van der Waals surface area contributed by atoms with Gasteiger partial charge in [-0.1, -0.05) is 12.8 Å². The van der Waals surface area contributed by atoms with Crippen molar-refractivity contribution in [2.45, 2.75) is 61.4 Å². The first-order chi connectivity index (χ1) is 6.75. The number of hydrogen-bond donors (Lipinski definition) is 1. The van der Waals surface area contributed by atoms with Crippen molar-refractivity contribution in [3.8, 4) is 0 Å². The van der Waals surface area contributed by atoms with E-state index in [0.29, 0.717) is 0 Å². The average molecular weight is 196 g/mol. The maximum Gasteiger partial charge on any atom is 0.149 e. The maximum absolute atomic E-state index is 10.0. The van der Waals surface area contributed by atoms with Crippen molar-refractivity contribution in [2.24, 2.45) is 0 Å². The van der Waals surface area contributed by atoms with Crippen LogP contribution in [-0.4, -0.2) is 34.6 Å². The van der Waals surface area contributed by atoms with E-state index >= 15 is 0 Å². The third-order valence-electron chi connectivity index (χ3n) is 4.92. The van der Waals surface area contributed by atoms with Gasteiger partial charge in [-0.25, -0.2) is 0 Å². The molecule has 4 rings (SSSR count). The van der Waals surface area contributed by atoms with E-state index in [9.17, 15) is 5.11 Å². The minimum Gasteiger partial charge on any atom is -0.390 e. The van der Waals surface area contributed by atoms with Gasteiger partial charge in [0.2, 0.25) is 0 Å². The minimum absolute atomic E-state index is 0.0735. The summed E-state index contributed by atoms with van der Waals surface area (Å²) in [5, 5.41) is 10.0. The largest absolute Gasteiger partial charge is 0.390 e. The Kier molecular flexibility index (Phi) is 1.18. The van der Waals surface area contributed by atoms with Crippen LogP contribution in [0.1, 0.15) is 38.5 Å². The highest BCUT2D eigenvalue weighted by Gasteiger charge is 2.86. The van der Waals surface area contributed by atoms with Gasteiger partial charge in [0.05, 0.1) is 12.7 Å². The molecule has 0 aromatic carbocycles. The molecule has 0 radical (unpaired) electrons. The van der Waals surface area contributed by atoms with Crippen molar-refractivity contribution in [2.75, 3.05) is 6.61 Å². The first-order valence-electron chi connectivity index (χ1n) is 5.77. The Balaban J connectivity index is 1.79. The predicted molar refractivity (Wildman–Crippen MR) is 48.9 cm³/mol. The van der Waals surface area contributed by atoms with Gasteiger partial charge in [0.1, 0.15) is 16.8 Å². The number of hydrogen-bond acceptors (Lipinski definition) is 3. The Morgan fingerprint density at radius 1 is 1.14 bits per heavy atom. The van der Waals surface area contributed by atoms with Crippen LogP contribution < -0.4 is 0 Å². The van der Waals surface area contributed by atoms with E-state index in [2.05, 4.69) is 0 Å². The SMILES string of the molecule is OC1CCC23CCCCC2(O3)C12CO2. The fourth-order valence-corrected chi connectivity index (χ4v) is 4.06. The summed E-state index contributed by atoms with van der Waals surface area (Å²) in [4.78, 5) is 0. The first kappa shape index (κ1) is 8.08. The van der Waals surface area contributed by atoms with Gasteiger partial charge >= 0.3 is 0 Å². The summed E-state index contributed by atoms with van der Waals surface area (Å²) in [7, 11) is 0. The molecule has 4 unspecified atom stereocenters. The summed E-state index contributed by atoms with van der Waals surface area (Å²) >= 11 is 0. The summed E-state index contributed by atoms with van der Waals surface area (Å²) in [5.74, 6) is 0. The molecule has 2 aliphatic carbocycles. The molecule has 0 bridgehead atoms. The highest BCUT2D eigenvalue weighted by molar-refractivity contribution is 5.34. The molecule has 4 fully saturated rings. The summed E-state index contributed by atoms with van der Waals surface area (Å²) in [6, 6.07) is 0. The summed E-state index contributed by atoms with van der Waals surface area (Å²) in [6.07, 6.45) is 6.43. The Morgan fingerprint density at radius 2 is 1.93 bits per heavy atom. The van der Waals surface area contributed by atoms with Crippen molar-refractivity contribution in [1.82, 2.24) is 0 Å². The monoisotopic (exact) mass is 196 g/mol. The zero-order chi connectivity index (χ0) is 9.44. The highest BCUT2D eigenvalue weighted by atomic mass is 16.7. The van der Waals surface area contributed by atoms with E-state index in [-0.39, 0.29) is 22.9 Å². The van der Waals surface area contributed by atoms with Crippen LogP contribution in [0.5, 0.6) is 0 Å². The number of rotatable bonds is 0. The van der Waals surface area contributed by atoms with Crippen molar-refractivity contribution >= 4 is 0 Å². The first-order valence-corrected chi connectivity index (χ1v) is 5.77. The Morgan fingerprint density at radius 3 is 2.71 bits per heavy atom. The molecule has 2 saturated heterocycles. The second kappa shape index (κ2) is 2.04. The Bertz CT molecular complexity index is 299. The van der Waals surface area contributed by atoms with Crippen LogP contribution in [0.3, 0.4) is 0 Å². The van der Waals surface area contributed by atoms with Crippen molar-refractivity contribution < 1.29 is 14.6 Å². The molecule has 4 aliphatic rings. The van der Waals surface area contributed by atoms with Crippen molar-refractivity contribution in [3.63, 3.8) is 0 Å². The standard InChI is InChI=1S/C11H16O3/c12-8-3-6-9-4-1-2-5-11(9,14-9)10(8)7-13-10/h8,12H,1-7H2. The van der Waals surface area contributed by atoms with Crippen LogP contribution in [0.2, 0.25) is 0 Å². The lowest BCUT2D eigenvalue weighted by Gasteiger charge is -2.36. The second-order valence-corrected chi connectivity index (χ2v) is 5.36. The van der Waals surface area contributed by atoms with Crippen LogP contribution in [0.25, 0.3) is 0 Å². The third kappa shape index (κ3) is 0.613. The lowest BCUT2D eigenvalue weighted by molar-refractivity contribution is -0.00129. The number of aliphatic hydroxyl groups excluding tert-OH is 1. The molecule has 0 aromatic heterocycles. The molecular formula is C11H16O3. The normalized spacial score (nSPS) is 64.5. The highest BCUT2D eigenvalue weighted by Crippen LogP contribution is 2.72. The van der Waals surface area contributed by atoms with Gasteiger partial charge in [-0.2, -0.15) is 0 Å². The third-order valence-corrected chi connectivity index (χ3v) is 4.92. The molecular weight excluding hydrogens is 180 g/mol. The van der Waals surface area contributed by atoms with E-state index < -0.39 is 0 Å². The number of ether oxygens (including phenoxy) is 2. The Hall–Kier alpha value is -0.120. The Labute approximate surface area is 83.4 Å². The van der Waals surface area contributed by atoms with Crippen LogP contribution >= 0.6 is 0 Å². The van der Waals surface area contributed by atoms with Crippen LogP contribution in [0.4, 0.5) is 0 Å². The van der Waals surface area contributed by atoms with E-state index in [1.165, 1.54) is 19.3 Å². The molecule has 2 saturated carbocycles. The molecule has 1 N–H and O–H groups in total. The minimum atomic E-state index is -0.286. The summed E-state index contributed by atoms with van der Waals surface area (Å²) in [6.45, 7) is 0.718. The zero-order valence-electron chi connectivity index (χ0n) is 8.29. The zero-order valence-corrected chi connectivity index (χ0v) is 8.29. The maximum atomic E-state index is 10.0. The molecule has 78 valence electrons. The number of aliphatic hydroxyl groups is 1. The molecule has 1 spiro atoms. The average Bonchev–Trinajstić information content (AvgIpc) is 3.05. The van der Waals surface area contributed by atoms with E-state index in [1.54, 1.807) is 0 Å². The van der Waals surface area contributed by atoms with Crippen LogP contribution in [-0.2, 0) is 9.47 Å². The molecule has 14 heavy (non-hydrogen) atoms. The van der Waals surface area contributed by atoms with E-state index in [1.807, 2.05) is 0 Å². The van der Waals surface area contributed by atoms with Gasteiger partial charge in [-0.3, -0.25) is 0 Å². The molecule has 3 heteroatoms. The van der Waals surface area contributed by atoms with Crippen LogP contribution in [0, 0.1) is 0 Å². The van der Waals surface area contributed by atoms with E-state index in [0.717, 1.165) is 25.9 Å². The lowest BCUT2D eigenvalue weighted by Crippen LogP contribution is -2.53. The molecule has 0 aromatic rings.